The Morgan fingerprint density at radius 3 is 2.50 bits per heavy atom. The van der Waals surface area contributed by atoms with Crippen molar-refractivity contribution in [3.63, 3.8) is 0 Å². The second kappa shape index (κ2) is 6.75. The molecule has 1 amide bonds. The minimum Gasteiger partial charge on any atom is -0.484 e. The molecule has 1 heterocycles. The number of amides is 1. The highest BCUT2D eigenvalue weighted by Crippen LogP contribution is 2.18. The molecule has 0 aliphatic rings. The molecule has 0 aliphatic carbocycles. The van der Waals surface area contributed by atoms with Crippen LogP contribution in [0.25, 0.3) is 0 Å². The first kappa shape index (κ1) is 15.6. The molecule has 0 bridgehead atoms. The van der Waals surface area contributed by atoms with E-state index in [1.165, 1.54) is 5.56 Å². The van der Waals surface area contributed by atoms with Gasteiger partial charge < -0.3 is 15.0 Å². The Labute approximate surface area is 126 Å². The van der Waals surface area contributed by atoms with E-state index in [0.717, 1.165) is 6.20 Å². The molecular weight excluding hydrogens is 286 g/mol. The van der Waals surface area contributed by atoms with Gasteiger partial charge >= 0.3 is 5.69 Å². The van der Waals surface area contributed by atoms with E-state index in [0.29, 0.717) is 11.7 Å². The van der Waals surface area contributed by atoms with E-state index in [1.807, 2.05) is 17.1 Å². The van der Waals surface area contributed by atoms with E-state index in [4.69, 9.17) is 4.74 Å². The van der Waals surface area contributed by atoms with Crippen LogP contribution in [0.1, 0.15) is 25.3 Å². The second-order valence-electron chi connectivity index (χ2n) is 5.05. The van der Waals surface area contributed by atoms with Crippen molar-refractivity contribution < 1.29 is 9.53 Å². The van der Waals surface area contributed by atoms with Crippen LogP contribution in [-0.4, -0.2) is 22.5 Å². The highest BCUT2D eigenvalue weighted by molar-refractivity contribution is 5.91. The monoisotopic (exact) mass is 303 g/mol. The van der Waals surface area contributed by atoms with E-state index in [-0.39, 0.29) is 12.3 Å². The number of carbonyl (C=O) groups excluding carboxylic acids is 1. The lowest BCUT2D eigenvalue weighted by molar-refractivity contribution is -0.118. The summed E-state index contributed by atoms with van der Waals surface area (Å²) in [4.78, 5) is 38.3. The van der Waals surface area contributed by atoms with Crippen molar-refractivity contribution in [1.82, 2.24) is 9.97 Å². The number of H-pyrrole nitrogens is 2. The molecule has 2 aromatic rings. The number of hydrogen-bond donors (Lipinski definition) is 3. The van der Waals surface area contributed by atoms with Gasteiger partial charge in [0.25, 0.3) is 11.5 Å². The maximum Gasteiger partial charge on any atom is 0.325 e. The van der Waals surface area contributed by atoms with E-state index < -0.39 is 17.2 Å². The van der Waals surface area contributed by atoms with Crippen molar-refractivity contribution in [2.45, 2.75) is 19.8 Å². The first-order valence-electron chi connectivity index (χ1n) is 6.80. The summed E-state index contributed by atoms with van der Waals surface area (Å²) in [6.45, 7) is 3.94. The van der Waals surface area contributed by atoms with Gasteiger partial charge in [0.15, 0.2) is 6.61 Å². The third-order valence-corrected chi connectivity index (χ3v) is 3.01. The molecular formula is C15H17N3O4. The van der Waals surface area contributed by atoms with E-state index in [9.17, 15) is 14.4 Å². The number of hydrogen-bond acceptors (Lipinski definition) is 4. The standard InChI is InChI=1S/C15H17N3O4/c1-9(2)10-3-5-11(6-4-10)22-8-13(19)17-12-7-16-15(21)18-14(12)20/h3-7,9H,8H2,1-2H3,(H,17,19)(H2,16,18,20,21). The summed E-state index contributed by atoms with van der Waals surface area (Å²) in [6.07, 6.45) is 1.14. The lowest BCUT2D eigenvalue weighted by atomic mass is 10.0. The van der Waals surface area contributed by atoms with Gasteiger partial charge in [-0.1, -0.05) is 26.0 Å². The molecule has 0 radical (unpaired) electrons. The summed E-state index contributed by atoms with van der Waals surface area (Å²) in [7, 11) is 0. The molecule has 116 valence electrons. The average Bonchev–Trinajstić information content (AvgIpc) is 2.48. The Hall–Kier alpha value is -2.83. The van der Waals surface area contributed by atoms with Crippen LogP contribution in [-0.2, 0) is 4.79 Å². The second-order valence-corrected chi connectivity index (χ2v) is 5.05. The fourth-order valence-electron chi connectivity index (χ4n) is 1.79. The molecule has 0 atom stereocenters. The lowest BCUT2D eigenvalue weighted by Gasteiger charge is -2.09. The summed E-state index contributed by atoms with van der Waals surface area (Å²) in [5.41, 5.74) is -0.164. The molecule has 2 rings (SSSR count). The SMILES string of the molecule is CC(C)c1ccc(OCC(=O)Nc2c[nH]c(=O)[nH]c2=O)cc1. The molecule has 0 saturated heterocycles. The minimum absolute atomic E-state index is 0.0386. The summed E-state index contributed by atoms with van der Waals surface area (Å²) in [5.74, 6) is 0.490. The van der Waals surface area contributed by atoms with E-state index >= 15 is 0 Å². The van der Waals surface area contributed by atoms with Crippen LogP contribution < -0.4 is 21.3 Å². The molecule has 0 aliphatic heterocycles. The van der Waals surface area contributed by atoms with Crippen molar-refractivity contribution in [3.8, 4) is 5.75 Å². The first-order chi connectivity index (χ1) is 10.5. The number of rotatable bonds is 5. The maximum atomic E-state index is 11.7. The fraction of sp³-hybridized carbons (Fsp3) is 0.267. The van der Waals surface area contributed by atoms with Crippen molar-refractivity contribution in [2.75, 3.05) is 11.9 Å². The van der Waals surface area contributed by atoms with Gasteiger partial charge in [0, 0.05) is 6.20 Å². The number of anilines is 1. The molecule has 1 aromatic carbocycles. The molecule has 0 saturated carbocycles. The average molecular weight is 303 g/mol. The van der Waals surface area contributed by atoms with Gasteiger partial charge in [-0.2, -0.15) is 0 Å². The number of carbonyl (C=O) groups is 1. The third-order valence-electron chi connectivity index (χ3n) is 3.01. The zero-order valence-electron chi connectivity index (χ0n) is 12.3. The van der Waals surface area contributed by atoms with Crippen LogP contribution in [0.15, 0.2) is 40.1 Å². The Bertz CT molecular complexity index is 759. The van der Waals surface area contributed by atoms with Crippen LogP contribution in [0.5, 0.6) is 5.75 Å². The largest absolute Gasteiger partial charge is 0.484 e. The molecule has 7 heteroatoms. The van der Waals surface area contributed by atoms with Gasteiger partial charge in [-0.25, -0.2) is 4.79 Å². The van der Waals surface area contributed by atoms with Crippen LogP contribution in [0.3, 0.4) is 0 Å². The summed E-state index contributed by atoms with van der Waals surface area (Å²) in [5, 5.41) is 2.36. The molecule has 0 spiro atoms. The van der Waals surface area contributed by atoms with Gasteiger partial charge in [0.2, 0.25) is 0 Å². The Morgan fingerprint density at radius 2 is 1.91 bits per heavy atom. The van der Waals surface area contributed by atoms with Gasteiger partial charge in [-0.15, -0.1) is 0 Å². The summed E-state index contributed by atoms with van der Waals surface area (Å²) < 4.78 is 5.34. The zero-order chi connectivity index (χ0) is 16.1. The van der Waals surface area contributed by atoms with E-state index in [2.05, 4.69) is 24.1 Å². The maximum absolute atomic E-state index is 11.7. The Kier molecular flexibility index (Phi) is 4.77. The third kappa shape index (κ3) is 4.08. The quantitative estimate of drug-likeness (QED) is 0.772. The highest BCUT2D eigenvalue weighted by Gasteiger charge is 2.07. The van der Waals surface area contributed by atoms with Crippen molar-refractivity contribution >= 4 is 11.6 Å². The number of nitrogens with one attached hydrogen (secondary N) is 3. The van der Waals surface area contributed by atoms with Crippen molar-refractivity contribution in [2.24, 2.45) is 0 Å². The van der Waals surface area contributed by atoms with Crippen LogP contribution in [0, 0.1) is 0 Å². The minimum atomic E-state index is -0.668. The van der Waals surface area contributed by atoms with Crippen molar-refractivity contribution in [3.05, 3.63) is 56.9 Å². The number of aromatic amines is 2. The fourth-order valence-corrected chi connectivity index (χ4v) is 1.79. The van der Waals surface area contributed by atoms with Crippen LogP contribution in [0.4, 0.5) is 5.69 Å². The molecule has 1 aromatic heterocycles. The Morgan fingerprint density at radius 1 is 1.23 bits per heavy atom. The molecule has 7 nitrogen and oxygen atoms in total. The number of ether oxygens (including phenoxy) is 1. The van der Waals surface area contributed by atoms with Gasteiger partial charge in [-0.3, -0.25) is 14.6 Å². The van der Waals surface area contributed by atoms with Crippen LogP contribution >= 0.6 is 0 Å². The molecule has 0 fully saturated rings. The molecule has 0 unspecified atom stereocenters. The number of benzene rings is 1. The molecule has 22 heavy (non-hydrogen) atoms. The summed E-state index contributed by atoms with van der Waals surface area (Å²) >= 11 is 0. The molecule has 3 N–H and O–H groups in total. The smallest absolute Gasteiger partial charge is 0.325 e. The van der Waals surface area contributed by atoms with Gasteiger partial charge in [0.05, 0.1) is 0 Å². The van der Waals surface area contributed by atoms with E-state index in [1.54, 1.807) is 12.1 Å². The number of aromatic nitrogens is 2. The van der Waals surface area contributed by atoms with Crippen LogP contribution in [0.2, 0.25) is 0 Å². The van der Waals surface area contributed by atoms with Gasteiger partial charge in [0.1, 0.15) is 11.4 Å². The zero-order valence-corrected chi connectivity index (χ0v) is 12.3. The first-order valence-corrected chi connectivity index (χ1v) is 6.80. The van der Waals surface area contributed by atoms with Gasteiger partial charge in [-0.05, 0) is 23.6 Å². The normalized spacial score (nSPS) is 10.5. The lowest BCUT2D eigenvalue weighted by Crippen LogP contribution is -2.28. The predicted molar refractivity (Wildman–Crippen MR) is 82.3 cm³/mol. The Balaban J connectivity index is 1.92. The summed E-state index contributed by atoms with van der Waals surface area (Å²) in [6, 6.07) is 7.44. The highest BCUT2D eigenvalue weighted by atomic mass is 16.5. The topological polar surface area (TPSA) is 104 Å². The van der Waals surface area contributed by atoms with Crippen molar-refractivity contribution in [1.29, 1.82) is 0 Å². The predicted octanol–water partition coefficient (Wildman–Crippen LogP) is 1.20.